The Labute approximate surface area is 180 Å². The average molecular weight is 465 g/mol. The Balaban J connectivity index is 1.48. The van der Waals surface area contributed by atoms with Crippen LogP contribution in [-0.4, -0.2) is 80.2 Å². The summed E-state index contributed by atoms with van der Waals surface area (Å²) in [6.45, 7) is 7.74. The Morgan fingerprint density at radius 2 is 2.03 bits per heavy atom. The van der Waals surface area contributed by atoms with Crippen LogP contribution in [0.3, 0.4) is 0 Å². The van der Waals surface area contributed by atoms with Gasteiger partial charge in [-0.25, -0.2) is 0 Å². The third-order valence-electron chi connectivity index (χ3n) is 6.95. The Hall–Kier alpha value is -1.12. The van der Waals surface area contributed by atoms with Crippen LogP contribution in [0.5, 0.6) is 11.5 Å². The van der Waals surface area contributed by atoms with E-state index in [4.69, 9.17) is 14.2 Å². The molecule has 3 heterocycles. The van der Waals surface area contributed by atoms with E-state index < -0.39 is 6.10 Å². The zero-order valence-corrected chi connectivity index (χ0v) is 18.5. The number of ether oxygens (including phenoxy) is 3. The summed E-state index contributed by atoms with van der Waals surface area (Å²) in [4.78, 5) is 5.06. The van der Waals surface area contributed by atoms with Gasteiger partial charge in [0.2, 0.25) is 0 Å². The van der Waals surface area contributed by atoms with Crippen molar-refractivity contribution < 1.29 is 19.3 Å². The van der Waals surface area contributed by atoms with Crippen molar-refractivity contribution in [2.24, 2.45) is 0 Å². The van der Waals surface area contributed by atoms with Gasteiger partial charge in [0.05, 0.1) is 31.8 Å². The van der Waals surface area contributed by atoms with E-state index in [0.717, 1.165) is 74.9 Å². The van der Waals surface area contributed by atoms with E-state index in [0.29, 0.717) is 6.42 Å². The standard InChI is InChI=1S/C22H29BrN2O4/c1-27-18-13-17(23)16-14-25(7-6-24-8-10-28-11-9-24)5-4-22-3-2-15(26)12-19(22)29-21(18)20(16)22/h2-3,13,15,19,26H,4-12,14H2,1H3/t15-,19?,22-/m1/s1. The maximum absolute atomic E-state index is 10.2. The van der Waals surface area contributed by atoms with Gasteiger partial charge in [0, 0.05) is 49.2 Å². The van der Waals surface area contributed by atoms with Crippen molar-refractivity contribution >= 4 is 15.9 Å². The molecule has 0 aromatic heterocycles. The monoisotopic (exact) mass is 464 g/mol. The highest BCUT2D eigenvalue weighted by atomic mass is 79.9. The van der Waals surface area contributed by atoms with Gasteiger partial charge in [0.1, 0.15) is 6.10 Å². The van der Waals surface area contributed by atoms with Gasteiger partial charge in [-0.05, 0) is 24.6 Å². The molecular formula is C22H29BrN2O4. The molecule has 6 nitrogen and oxygen atoms in total. The van der Waals surface area contributed by atoms with Crippen LogP contribution < -0.4 is 9.47 Å². The molecule has 1 saturated heterocycles. The van der Waals surface area contributed by atoms with Crippen molar-refractivity contribution in [3.8, 4) is 11.5 Å². The lowest BCUT2D eigenvalue weighted by Gasteiger charge is -2.36. The number of nitrogens with zero attached hydrogens (tertiary/aromatic N) is 2. The molecule has 3 aliphatic heterocycles. The minimum Gasteiger partial charge on any atom is -0.493 e. The second-order valence-corrected chi connectivity index (χ2v) is 9.39. The molecule has 1 N–H and O–H groups in total. The van der Waals surface area contributed by atoms with E-state index in [9.17, 15) is 5.11 Å². The number of halogens is 1. The van der Waals surface area contributed by atoms with Crippen LogP contribution in [0.15, 0.2) is 22.7 Å². The fourth-order valence-electron chi connectivity index (χ4n) is 5.31. The number of hydrogen-bond donors (Lipinski definition) is 1. The normalized spacial score (nSPS) is 31.7. The first-order chi connectivity index (χ1) is 14.1. The quantitative estimate of drug-likeness (QED) is 0.690. The number of rotatable bonds is 4. The molecule has 0 radical (unpaired) electrons. The molecule has 1 unspecified atom stereocenters. The van der Waals surface area contributed by atoms with Gasteiger partial charge in [0.15, 0.2) is 11.5 Å². The molecule has 0 bridgehead atoms. The van der Waals surface area contributed by atoms with Gasteiger partial charge in [-0.1, -0.05) is 28.1 Å². The van der Waals surface area contributed by atoms with Crippen molar-refractivity contribution in [2.45, 2.75) is 37.0 Å². The van der Waals surface area contributed by atoms with Crippen molar-refractivity contribution in [3.63, 3.8) is 0 Å². The van der Waals surface area contributed by atoms with Crippen molar-refractivity contribution in [3.05, 3.63) is 33.8 Å². The number of morpholine rings is 1. The predicted octanol–water partition coefficient (Wildman–Crippen LogP) is 2.32. The van der Waals surface area contributed by atoms with Crippen LogP contribution in [0.1, 0.15) is 24.0 Å². The van der Waals surface area contributed by atoms with Crippen LogP contribution >= 0.6 is 15.9 Å². The summed E-state index contributed by atoms with van der Waals surface area (Å²) < 4.78 is 18.6. The zero-order valence-electron chi connectivity index (χ0n) is 16.9. The Kier molecular flexibility index (Phi) is 5.37. The van der Waals surface area contributed by atoms with Crippen LogP contribution in [0.25, 0.3) is 0 Å². The van der Waals surface area contributed by atoms with Gasteiger partial charge in [-0.15, -0.1) is 0 Å². The molecule has 5 rings (SSSR count). The summed E-state index contributed by atoms with van der Waals surface area (Å²) >= 11 is 3.82. The predicted molar refractivity (Wildman–Crippen MR) is 114 cm³/mol. The largest absolute Gasteiger partial charge is 0.493 e. The zero-order chi connectivity index (χ0) is 20.0. The summed E-state index contributed by atoms with van der Waals surface area (Å²) in [5.74, 6) is 1.64. The van der Waals surface area contributed by atoms with Crippen LogP contribution in [0, 0.1) is 0 Å². The SMILES string of the molecule is COc1cc(Br)c2c3c1OC1C[C@H](O)C=C[C@]31CCN(CCN1CCOCC1)C2. The van der Waals surface area contributed by atoms with E-state index >= 15 is 0 Å². The van der Waals surface area contributed by atoms with Gasteiger partial charge < -0.3 is 19.3 Å². The second kappa shape index (κ2) is 7.85. The molecule has 4 aliphatic rings. The topological polar surface area (TPSA) is 54.4 Å². The van der Waals surface area contributed by atoms with Gasteiger partial charge in [-0.3, -0.25) is 9.80 Å². The number of methoxy groups -OCH3 is 1. The number of benzene rings is 1. The smallest absolute Gasteiger partial charge is 0.166 e. The molecule has 1 fully saturated rings. The fourth-order valence-corrected chi connectivity index (χ4v) is 5.85. The highest BCUT2D eigenvalue weighted by molar-refractivity contribution is 9.10. The van der Waals surface area contributed by atoms with Crippen LogP contribution in [0.4, 0.5) is 0 Å². The lowest BCUT2D eigenvalue weighted by Crippen LogP contribution is -2.44. The maximum Gasteiger partial charge on any atom is 0.166 e. The highest BCUT2D eigenvalue weighted by Gasteiger charge is 2.53. The van der Waals surface area contributed by atoms with E-state index in [-0.39, 0.29) is 11.5 Å². The van der Waals surface area contributed by atoms with E-state index in [1.807, 2.05) is 12.1 Å². The molecule has 0 amide bonds. The summed E-state index contributed by atoms with van der Waals surface area (Å²) in [6.07, 6.45) is 5.29. The number of hydrogen-bond acceptors (Lipinski definition) is 6. The summed E-state index contributed by atoms with van der Waals surface area (Å²) in [5, 5.41) is 10.2. The number of aliphatic hydroxyl groups is 1. The van der Waals surface area contributed by atoms with Crippen molar-refractivity contribution in [1.29, 1.82) is 0 Å². The second-order valence-electron chi connectivity index (χ2n) is 8.53. The molecule has 158 valence electrons. The lowest BCUT2D eigenvalue weighted by atomic mass is 9.69. The van der Waals surface area contributed by atoms with E-state index in [1.165, 1.54) is 11.1 Å². The Morgan fingerprint density at radius 3 is 2.83 bits per heavy atom. The molecule has 29 heavy (non-hydrogen) atoms. The molecule has 3 atom stereocenters. The van der Waals surface area contributed by atoms with Gasteiger partial charge in [-0.2, -0.15) is 0 Å². The first-order valence-corrected chi connectivity index (χ1v) is 11.4. The third kappa shape index (κ3) is 3.41. The highest BCUT2D eigenvalue weighted by Crippen LogP contribution is 2.57. The molecule has 0 saturated carbocycles. The maximum atomic E-state index is 10.2. The minimum absolute atomic E-state index is 0.0429. The molecular weight excluding hydrogens is 436 g/mol. The lowest BCUT2D eigenvalue weighted by molar-refractivity contribution is 0.0322. The van der Waals surface area contributed by atoms with E-state index in [1.54, 1.807) is 7.11 Å². The Bertz CT molecular complexity index is 810. The van der Waals surface area contributed by atoms with Gasteiger partial charge in [0.25, 0.3) is 0 Å². The first kappa shape index (κ1) is 19.8. The fraction of sp³-hybridized carbons (Fsp3) is 0.636. The Morgan fingerprint density at radius 1 is 1.24 bits per heavy atom. The summed E-state index contributed by atoms with van der Waals surface area (Å²) in [7, 11) is 1.69. The molecule has 1 spiro atoms. The first-order valence-electron chi connectivity index (χ1n) is 10.6. The molecule has 1 aliphatic carbocycles. The van der Waals surface area contributed by atoms with Gasteiger partial charge >= 0.3 is 0 Å². The summed E-state index contributed by atoms with van der Waals surface area (Å²) in [6, 6.07) is 2.03. The van der Waals surface area contributed by atoms with Crippen molar-refractivity contribution in [2.75, 3.05) is 53.0 Å². The number of aliphatic hydroxyl groups excluding tert-OH is 1. The third-order valence-corrected chi connectivity index (χ3v) is 7.66. The van der Waals surface area contributed by atoms with Crippen LogP contribution in [-0.2, 0) is 16.7 Å². The molecule has 7 heteroatoms. The van der Waals surface area contributed by atoms with Crippen molar-refractivity contribution in [1.82, 2.24) is 9.80 Å². The van der Waals surface area contributed by atoms with Crippen LogP contribution in [0.2, 0.25) is 0 Å². The molecule has 1 aromatic rings. The molecule has 1 aromatic carbocycles. The minimum atomic E-state index is -0.446. The van der Waals surface area contributed by atoms with E-state index in [2.05, 4.69) is 31.8 Å². The summed E-state index contributed by atoms with van der Waals surface area (Å²) in [5.41, 5.74) is 2.36. The average Bonchev–Trinajstić information content (AvgIpc) is 2.96.